The Morgan fingerprint density at radius 2 is 1.32 bits per heavy atom. The Bertz CT molecular complexity index is 893. The first-order valence-electron chi connectivity index (χ1n) is 6.50. The lowest BCUT2D eigenvalue weighted by Crippen LogP contribution is -2.35. The van der Waals surface area contributed by atoms with Crippen molar-refractivity contribution in [1.82, 2.24) is 0 Å². The van der Waals surface area contributed by atoms with E-state index in [9.17, 15) is 19.8 Å². The molecule has 0 bridgehead atoms. The molecule has 0 aliphatic rings. The van der Waals surface area contributed by atoms with Gasteiger partial charge in [0.1, 0.15) is 22.9 Å². The van der Waals surface area contributed by atoms with Gasteiger partial charge in [-0.3, -0.25) is 9.59 Å². The smallest absolute Gasteiger partial charge is 0.253 e. The molecule has 22 heavy (non-hydrogen) atoms. The van der Waals surface area contributed by atoms with Crippen molar-refractivity contribution >= 4 is 22.7 Å². The molecule has 4 N–H and O–H groups in total. The second-order valence-corrected chi connectivity index (χ2v) is 4.72. The Morgan fingerprint density at radius 3 is 1.95 bits per heavy atom. The van der Waals surface area contributed by atoms with Gasteiger partial charge in [-0.2, -0.15) is 0 Å². The highest BCUT2D eigenvalue weighted by molar-refractivity contribution is 5.83. The van der Waals surface area contributed by atoms with Crippen LogP contribution in [0.3, 0.4) is 0 Å². The first kappa shape index (κ1) is 13.7. The zero-order valence-corrected chi connectivity index (χ0v) is 11.3. The summed E-state index contributed by atoms with van der Waals surface area (Å²) >= 11 is 0. The summed E-state index contributed by atoms with van der Waals surface area (Å²) in [7, 11) is 0. The maximum absolute atomic E-state index is 11.7. The second kappa shape index (κ2) is 5.25. The average Bonchev–Trinajstić information content (AvgIpc) is 2.53. The van der Waals surface area contributed by atoms with E-state index >= 15 is 0 Å². The summed E-state index contributed by atoms with van der Waals surface area (Å²) in [5.41, 5.74) is -0.164. The molecule has 0 atom stereocenters. The van der Waals surface area contributed by atoms with Gasteiger partial charge >= 0.3 is 0 Å². The van der Waals surface area contributed by atoms with E-state index < -0.39 is 10.9 Å². The third kappa shape index (κ3) is 2.37. The van der Waals surface area contributed by atoms with Gasteiger partial charge in [0.2, 0.25) is 0 Å². The lowest BCUT2D eigenvalue weighted by Gasteiger charge is -2.15. The molecule has 6 heteroatoms. The van der Waals surface area contributed by atoms with Crippen LogP contribution in [0.2, 0.25) is 0 Å². The molecule has 0 amide bonds. The molecule has 110 valence electrons. The van der Waals surface area contributed by atoms with E-state index in [0.717, 1.165) is 0 Å². The van der Waals surface area contributed by atoms with E-state index in [0.29, 0.717) is 11.4 Å². The van der Waals surface area contributed by atoms with E-state index in [2.05, 4.69) is 10.6 Å². The number of benzene rings is 2. The summed E-state index contributed by atoms with van der Waals surface area (Å²) in [6.07, 6.45) is 0. The average molecular weight is 296 g/mol. The van der Waals surface area contributed by atoms with Crippen LogP contribution in [0.4, 0.5) is 22.7 Å². The van der Waals surface area contributed by atoms with E-state index in [1.165, 1.54) is 18.2 Å². The molecular weight excluding hydrogens is 284 g/mol. The van der Waals surface area contributed by atoms with Crippen LogP contribution in [0.5, 0.6) is 11.5 Å². The molecule has 0 unspecified atom stereocenters. The quantitative estimate of drug-likeness (QED) is 0.334. The molecule has 3 aromatic carbocycles. The van der Waals surface area contributed by atoms with Gasteiger partial charge in [0, 0.05) is 5.69 Å². The maximum Gasteiger partial charge on any atom is 0.253 e. The zero-order valence-electron chi connectivity index (χ0n) is 11.3. The number of aromatic hydroxyl groups is 2. The van der Waals surface area contributed by atoms with E-state index in [4.69, 9.17) is 0 Å². The SMILES string of the molecule is O=c1c(Nc2ccc(O)cc2)c(Nc2ccccc2O)c1=O. The number of hydrogen-bond acceptors (Lipinski definition) is 6. The molecule has 0 aliphatic heterocycles. The van der Waals surface area contributed by atoms with Crippen molar-refractivity contribution in [1.29, 1.82) is 0 Å². The summed E-state index contributed by atoms with van der Waals surface area (Å²) < 4.78 is 0. The summed E-state index contributed by atoms with van der Waals surface area (Å²) in [6.45, 7) is 0. The number of phenols is 2. The van der Waals surface area contributed by atoms with Crippen molar-refractivity contribution in [2.75, 3.05) is 10.6 Å². The van der Waals surface area contributed by atoms with Crippen molar-refractivity contribution in [3.8, 4) is 11.5 Å². The minimum Gasteiger partial charge on any atom is -0.508 e. The third-order valence-electron chi connectivity index (χ3n) is 3.21. The molecule has 0 spiro atoms. The number of nitrogens with one attached hydrogen (secondary N) is 2. The number of hydrogen-bond donors (Lipinski definition) is 4. The molecular formula is C16H12N2O4. The Hall–Kier alpha value is -3.28. The summed E-state index contributed by atoms with van der Waals surface area (Å²) in [5.74, 6) is 0.0780. The van der Waals surface area contributed by atoms with Crippen LogP contribution in [-0.2, 0) is 0 Å². The van der Waals surface area contributed by atoms with Crippen LogP contribution in [0.25, 0.3) is 0 Å². The van der Waals surface area contributed by atoms with Crippen molar-refractivity contribution in [3.63, 3.8) is 0 Å². The predicted octanol–water partition coefficient (Wildman–Crippen LogP) is 2.18. The van der Waals surface area contributed by atoms with E-state index in [1.54, 1.807) is 30.3 Å². The van der Waals surface area contributed by atoms with E-state index in [-0.39, 0.29) is 22.9 Å². The molecule has 0 fully saturated rings. The first-order chi connectivity index (χ1) is 10.6. The lowest BCUT2D eigenvalue weighted by molar-refractivity contribution is 0.475. The topological polar surface area (TPSA) is 98.7 Å². The standard InChI is InChI=1S/C16H12N2O4/c19-10-7-5-9(6-8-10)17-13-14(16(22)15(13)21)18-11-3-1-2-4-12(11)20/h1-8,17-20H. The van der Waals surface area contributed by atoms with Crippen LogP contribution in [0, 0.1) is 0 Å². The second-order valence-electron chi connectivity index (χ2n) is 4.72. The molecule has 0 aromatic heterocycles. The lowest BCUT2D eigenvalue weighted by atomic mass is 10.1. The molecule has 0 aliphatic carbocycles. The van der Waals surface area contributed by atoms with Gasteiger partial charge in [0.05, 0.1) is 5.69 Å². The predicted molar refractivity (Wildman–Crippen MR) is 84.1 cm³/mol. The van der Waals surface area contributed by atoms with E-state index in [1.807, 2.05) is 0 Å². The number of phenolic OH excluding ortho intramolecular Hbond substituents is 2. The highest BCUT2D eigenvalue weighted by atomic mass is 16.3. The highest BCUT2D eigenvalue weighted by Crippen LogP contribution is 2.29. The first-order valence-corrected chi connectivity index (χ1v) is 6.50. The largest absolute Gasteiger partial charge is 0.508 e. The Labute approximate surface area is 125 Å². The Morgan fingerprint density at radius 1 is 0.727 bits per heavy atom. The van der Waals surface area contributed by atoms with Crippen molar-refractivity contribution in [2.24, 2.45) is 0 Å². The molecule has 0 radical (unpaired) electrons. The van der Waals surface area contributed by atoms with Gasteiger partial charge in [-0.05, 0) is 36.4 Å². The van der Waals surface area contributed by atoms with Gasteiger partial charge in [-0.25, -0.2) is 0 Å². The summed E-state index contributed by atoms with van der Waals surface area (Å²) in [6, 6.07) is 12.5. The van der Waals surface area contributed by atoms with Crippen LogP contribution in [-0.4, -0.2) is 10.2 Å². The van der Waals surface area contributed by atoms with Crippen LogP contribution in [0.15, 0.2) is 58.1 Å². The summed E-state index contributed by atoms with van der Waals surface area (Å²) in [5, 5.41) is 24.5. The van der Waals surface area contributed by atoms with Crippen molar-refractivity contribution in [2.45, 2.75) is 0 Å². The molecule has 6 nitrogen and oxygen atoms in total. The number of rotatable bonds is 4. The van der Waals surface area contributed by atoms with Gasteiger partial charge < -0.3 is 20.8 Å². The zero-order chi connectivity index (χ0) is 15.7. The van der Waals surface area contributed by atoms with Crippen LogP contribution >= 0.6 is 0 Å². The normalized spacial score (nSPS) is 10.5. The molecule has 3 aromatic rings. The number of para-hydroxylation sites is 2. The monoisotopic (exact) mass is 296 g/mol. The van der Waals surface area contributed by atoms with Gasteiger partial charge in [-0.1, -0.05) is 12.1 Å². The fourth-order valence-electron chi connectivity index (χ4n) is 2.03. The van der Waals surface area contributed by atoms with Crippen molar-refractivity contribution < 1.29 is 10.2 Å². The van der Waals surface area contributed by atoms with Gasteiger partial charge in [0.25, 0.3) is 10.9 Å². The fraction of sp³-hybridized carbons (Fsp3) is 0. The summed E-state index contributed by atoms with van der Waals surface area (Å²) in [4.78, 5) is 23.4. The molecule has 0 saturated carbocycles. The highest BCUT2D eigenvalue weighted by Gasteiger charge is 2.21. The molecule has 3 rings (SSSR count). The van der Waals surface area contributed by atoms with Crippen LogP contribution in [0.1, 0.15) is 0 Å². The fourth-order valence-corrected chi connectivity index (χ4v) is 2.03. The number of anilines is 4. The minimum atomic E-state index is -0.649. The molecule has 0 saturated heterocycles. The van der Waals surface area contributed by atoms with Gasteiger partial charge in [0.15, 0.2) is 0 Å². The van der Waals surface area contributed by atoms with Crippen LogP contribution < -0.4 is 21.5 Å². The molecule has 0 heterocycles. The maximum atomic E-state index is 11.7. The minimum absolute atomic E-state index is 0.0221. The van der Waals surface area contributed by atoms with Crippen molar-refractivity contribution in [3.05, 3.63) is 69.0 Å². The third-order valence-corrected chi connectivity index (χ3v) is 3.21. The Kier molecular flexibility index (Phi) is 3.27. The Balaban J connectivity index is 1.89. The van der Waals surface area contributed by atoms with Gasteiger partial charge in [-0.15, -0.1) is 0 Å².